The van der Waals surface area contributed by atoms with Crippen LogP contribution < -0.4 is 15.9 Å². The number of nitrogens with two attached hydrogens (primary N) is 1. The number of benzene rings is 1. The first-order valence-electron chi connectivity index (χ1n) is 5.38. The lowest BCUT2D eigenvalue weighted by Crippen LogP contribution is -2.50. The minimum Gasteiger partial charge on any atom is -0.484 e. The number of amides is 1. The molecule has 102 valence electrons. The van der Waals surface area contributed by atoms with Gasteiger partial charge in [0.05, 0.1) is 6.54 Å². The van der Waals surface area contributed by atoms with Gasteiger partial charge in [-0.3, -0.25) is 15.2 Å². The van der Waals surface area contributed by atoms with Crippen LogP contribution in [0.15, 0.2) is 36.9 Å². The molecule has 1 amide bonds. The van der Waals surface area contributed by atoms with Crippen LogP contribution in [0.5, 0.6) is 5.75 Å². The normalized spacial score (nSPS) is 9.53. The van der Waals surface area contributed by atoms with Gasteiger partial charge in [0.1, 0.15) is 5.75 Å². The third-order valence-corrected chi connectivity index (χ3v) is 2.46. The van der Waals surface area contributed by atoms with E-state index < -0.39 is 0 Å². The van der Waals surface area contributed by atoms with Crippen LogP contribution in [0.3, 0.4) is 0 Å². The molecule has 0 atom stereocenters. The molecule has 1 aromatic rings. The molecule has 0 heterocycles. The Morgan fingerprint density at radius 2 is 2.37 bits per heavy atom. The van der Waals surface area contributed by atoms with E-state index in [4.69, 9.17) is 34.3 Å². The molecule has 0 fully saturated rings. The zero-order valence-electron chi connectivity index (χ0n) is 10.1. The van der Waals surface area contributed by atoms with Crippen LogP contribution in [0.2, 0.25) is 5.02 Å². The zero-order valence-corrected chi connectivity index (χ0v) is 11.7. The Labute approximate surface area is 121 Å². The Hall–Kier alpha value is -1.79. The smallest absolute Gasteiger partial charge is 0.276 e. The van der Waals surface area contributed by atoms with E-state index in [1.54, 1.807) is 30.3 Å². The van der Waals surface area contributed by atoms with Crippen molar-refractivity contribution in [3.05, 3.63) is 41.9 Å². The number of rotatable bonds is 5. The Morgan fingerprint density at radius 1 is 1.63 bits per heavy atom. The van der Waals surface area contributed by atoms with Crippen LogP contribution in [0.1, 0.15) is 0 Å². The van der Waals surface area contributed by atoms with Gasteiger partial charge in [-0.1, -0.05) is 23.7 Å². The average Bonchev–Trinajstić information content (AvgIpc) is 2.36. The van der Waals surface area contributed by atoms with Crippen LogP contribution in [0.25, 0.3) is 0 Å². The Bertz CT molecular complexity index is 482. The van der Waals surface area contributed by atoms with Crippen molar-refractivity contribution in [2.24, 2.45) is 5.73 Å². The maximum Gasteiger partial charge on any atom is 0.276 e. The summed E-state index contributed by atoms with van der Waals surface area (Å²) < 4.78 is 5.27. The fourth-order valence-corrected chi connectivity index (χ4v) is 1.51. The van der Waals surface area contributed by atoms with Crippen LogP contribution in [0, 0.1) is 0 Å². The Morgan fingerprint density at radius 3 is 2.95 bits per heavy atom. The van der Waals surface area contributed by atoms with Crippen molar-refractivity contribution in [2.45, 2.75) is 0 Å². The summed E-state index contributed by atoms with van der Waals surface area (Å²) >= 11 is 10.6. The van der Waals surface area contributed by atoms with Gasteiger partial charge in [0, 0.05) is 5.02 Å². The lowest BCUT2D eigenvalue weighted by atomic mass is 10.3. The van der Waals surface area contributed by atoms with Gasteiger partial charge in [0.15, 0.2) is 11.7 Å². The molecule has 0 unspecified atom stereocenters. The highest BCUT2D eigenvalue weighted by atomic mass is 35.5. The van der Waals surface area contributed by atoms with Crippen molar-refractivity contribution in [2.75, 3.05) is 13.2 Å². The van der Waals surface area contributed by atoms with Crippen molar-refractivity contribution in [1.82, 2.24) is 10.4 Å². The van der Waals surface area contributed by atoms with Crippen molar-refractivity contribution < 1.29 is 9.53 Å². The molecule has 7 heteroatoms. The van der Waals surface area contributed by atoms with Crippen LogP contribution in [0.4, 0.5) is 0 Å². The lowest BCUT2D eigenvalue weighted by Gasteiger charge is -2.21. The van der Waals surface area contributed by atoms with E-state index in [1.165, 1.54) is 5.01 Å². The van der Waals surface area contributed by atoms with Crippen molar-refractivity contribution >= 4 is 34.8 Å². The number of thiocarbonyl (C=S) groups is 1. The molecule has 0 saturated carbocycles. The van der Waals surface area contributed by atoms with Gasteiger partial charge in [-0.25, -0.2) is 0 Å². The molecule has 0 aliphatic rings. The van der Waals surface area contributed by atoms with E-state index in [1.807, 2.05) is 0 Å². The Kier molecular flexibility index (Phi) is 6.11. The van der Waals surface area contributed by atoms with Crippen molar-refractivity contribution in [1.29, 1.82) is 0 Å². The van der Waals surface area contributed by atoms with E-state index in [0.717, 1.165) is 0 Å². The second kappa shape index (κ2) is 7.60. The minimum atomic E-state index is -0.380. The summed E-state index contributed by atoms with van der Waals surface area (Å²) in [5, 5.41) is 1.89. The van der Waals surface area contributed by atoms with Crippen LogP contribution in [-0.2, 0) is 4.79 Å². The number of hydrogen-bond donors (Lipinski definition) is 2. The number of carbonyl (C=O) groups is 1. The summed E-state index contributed by atoms with van der Waals surface area (Å²) in [4.78, 5) is 11.6. The molecule has 1 aromatic carbocycles. The van der Waals surface area contributed by atoms with Gasteiger partial charge in [0.25, 0.3) is 5.91 Å². The maximum atomic E-state index is 11.6. The number of ether oxygens (including phenoxy) is 1. The molecule has 0 saturated heterocycles. The molecule has 0 aliphatic heterocycles. The molecular formula is C12H14ClN3O2S. The number of halogens is 1. The quantitative estimate of drug-likeness (QED) is 0.490. The number of carbonyl (C=O) groups excluding carboxylic acids is 1. The predicted molar refractivity (Wildman–Crippen MR) is 78.8 cm³/mol. The van der Waals surface area contributed by atoms with Crippen LogP contribution in [-0.4, -0.2) is 29.2 Å². The third kappa shape index (κ3) is 5.58. The fourth-order valence-electron chi connectivity index (χ4n) is 1.21. The number of hydrogen-bond acceptors (Lipinski definition) is 3. The largest absolute Gasteiger partial charge is 0.484 e. The molecule has 3 N–H and O–H groups in total. The molecule has 5 nitrogen and oxygen atoms in total. The SMILES string of the molecule is C=CCN(NC(=O)COc1cccc(Cl)c1)C(N)=S. The molecule has 0 spiro atoms. The first-order chi connectivity index (χ1) is 9.02. The van der Waals surface area contributed by atoms with Crippen molar-refractivity contribution in [3.63, 3.8) is 0 Å². The molecule has 0 bridgehead atoms. The highest BCUT2D eigenvalue weighted by Crippen LogP contribution is 2.16. The number of nitrogens with one attached hydrogen (secondary N) is 1. The first-order valence-corrected chi connectivity index (χ1v) is 6.17. The standard InChI is InChI=1S/C12H14ClN3O2S/c1-2-6-16(12(14)19)15-11(17)8-18-10-5-3-4-9(13)7-10/h2-5,7H,1,6,8H2,(H2,14,19)(H,15,17). The summed E-state index contributed by atoms with van der Waals surface area (Å²) in [6.07, 6.45) is 1.57. The highest BCUT2D eigenvalue weighted by molar-refractivity contribution is 7.80. The second-order valence-electron chi connectivity index (χ2n) is 3.52. The molecule has 1 rings (SSSR count). The predicted octanol–water partition coefficient (Wildman–Crippen LogP) is 1.48. The second-order valence-corrected chi connectivity index (χ2v) is 4.37. The van der Waals surface area contributed by atoms with Gasteiger partial charge in [-0.15, -0.1) is 6.58 Å². The number of nitrogens with zero attached hydrogens (tertiary/aromatic N) is 1. The average molecular weight is 300 g/mol. The maximum absolute atomic E-state index is 11.6. The van der Waals surface area contributed by atoms with Crippen molar-refractivity contribution in [3.8, 4) is 5.75 Å². The third-order valence-electron chi connectivity index (χ3n) is 2.00. The van der Waals surface area contributed by atoms with Crippen LogP contribution >= 0.6 is 23.8 Å². The topological polar surface area (TPSA) is 67.6 Å². The van der Waals surface area contributed by atoms with Gasteiger partial charge in [-0.2, -0.15) is 0 Å². The Balaban J connectivity index is 2.46. The van der Waals surface area contributed by atoms with Gasteiger partial charge in [-0.05, 0) is 30.4 Å². The van der Waals surface area contributed by atoms with Gasteiger partial charge < -0.3 is 10.5 Å². The molecule has 0 aromatic heterocycles. The summed E-state index contributed by atoms with van der Waals surface area (Å²) in [5.41, 5.74) is 7.94. The molecule has 19 heavy (non-hydrogen) atoms. The lowest BCUT2D eigenvalue weighted by molar-refractivity contribution is -0.126. The highest BCUT2D eigenvalue weighted by Gasteiger charge is 2.09. The van der Waals surface area contributed by atoms with E-state index >= 15 is 0 Å². The summed E-state index contributed by atoms with van der Waals surface area (Å²) in [6.45, 7) is 3.69. The molecule has 0 aliphatic carbocycles. The monoisotopic (exact) mass is 299 g/mol. The fraction of sp³-hybridized carbons (Fsp3) is 0.167. The summed E-state index contributed by atoms with van der Waals surface area (Å²) in [5.74, 6) is 0.128. The molecular weight excluding hydrogens is 286 g/mol. The zero-order chi connectivity index (χ0) is 14.3. The summed E-state index contributed by atoms with van der Waals surface area (Å²) in [6, 6.07) is 6.76. The summed E-state index contributed by atoms with van der Waals surface area (Å²) in [7, 11) is 0. The van der Waals surface area contributed by atoms with E-state index in [0.29, 0.717) is 17.3 Å². The van der Waals surface area contributed by atoms with Gasteiger partial charge in [0.2, 0.25) is 0 Å². The van der Waals surface area contributed by atoms with E-state index in [-0.39, 0.29) is 17.6 Å². The molecule has 0 radical (unpaired) electrons. The van der Waals surface area contributed by atoms with E-state index in [9.17, 15) is 4.79 Å². The first kappa shape index (κ1) is 15.3. The number of hydrazine groups is 1. The van der Waals surface area contributed by atoms with Gasteiger partial charge >= 0.3 is 0 Å². The van der Waals surface area contributed by atoms with E-state index in [2.05, 4.69) is 12.0 Å². The minimum absolute atomic E-state index is 0.0519.